The summed E-state index contributed by atoms with van der Waals surface area (Å²) in [6, 6.07) is 11.6. The number of carbonyl (C=O) groups excluding carboxylic acids is 3. The molecule has 7 heteroatoms. The molecule has 0 saturated carbocycles. The van der Waals surface area contributed by atoms with Gasteiger partial charge in [0, 0.05) is 17.4 Å². The summed E-state index contributed by atoms with van der Waals surface area (Å²) in [5.41, 5.74) is 0.768. The lowest BCUT2D eigenvalue weighted by Gasteiger charge is -2.13. The van der Waals surface area contributed by atoms with Gasteiger partial charge in [-0.3, -0.25) is 19.3 Å². The second-order valence-electron chi connectivity index (χ2n) is 5.71. The zero-order chi connectivity index (χ0) is 18.7. The van der Waals surface area contributed by atoms with Crippen molar-refractivity contribution in [2.75, 3.05) is 13.7 Å². The van der Waals surface area contributed by atoms with Crippen LogP contribution < -0.4 is 9.47 Å². The average molecular weight is 418 g/mol. The summed E-state index contributed by atoms with van der Waals surface area (Å²) in [7, 11) is 1.55. The molecule has 26 heavy (non-hydrogen) atoms. The second kappa shape index (κ2) is 7.70. The highest BCUT2D eigenvalue weighted by atomic mass is 79.9. The summed E-state index contributed by atoms with van der Waals surface area (Å²) in [4.78, 5) is 37.7. The predicted molar refractivity (Wildman–Crippen MR) is 97.4 cm³/mol. The molecule has 2 aromatic carbocycles. The highest BCUT2D eigenvalue weighted by Gasteiger charge is 2.35. The van der Waals surface area contributed by atoms with Crippen LogP contribution in [0.4, 0.5) is 0 Å². The minimum Gasteiger partial charge on any atom is -0.497 e. The molecule has 134 valence electrons. The number of fused-ring (bicyclic) bond motifs is 1. The molecule has 0 aromatic heterocycles. The zero-order valence-corrected chi connectivity index (χ0v) is 15.6. The third-order valence-electron chi connectivity index (χ3n) is 3.99. The van der Waals surface area contributed by atoms with Gasteiger partial charge in [-0.2, -0.15) is 0 Å². The van der Waals surface area contributed by atoms with E-state index in [9.17, 15) is 14.4 Å². The molecular weight excluding hydrogens is 402 g/mol. The van der Waals surface area contributed by atoms with Gasteiger partial charge in [0.2, 0.25) is 0 Å². The number of benzene rings is 2. The Bertz CT molecular complexity index is 863. The molecule has 0 fully saturated rings. The molecule has 1 heterocycles. The van der Waals surface area contributed by atoms with Gasteiger partial charge in [0.05, 0.1) is 18.2 Å². The van der Waals surface area contributed by atoms with Gasteiger partial charge in [-0.1, -0.05) is 15.9 Å². The standard InChI is InChI=1S/C19H16BrNO5/c1-25-13-5-7-14(8-6-13)26-17(22)3-2-10-21-18(23)15-9-4-12(20)11-16(15)19(21)24/h4-9,11H,2-3,10H2,1H3. The highest BCUT2D eigenvalue weighted by molar-refractivity contribution is 9.10. The largest absolute Gasteiger partial charge is 0.497 e. The molecule has 0 aliphatic carbocycles. The fraction of sp³-hybridized carbons (Fsp3) is 0.211. The van der Waals surface area contributed by atoms with Gasteiger partial charge in [0.1, 0.15) is 11.5 Å². The molecule has 1 aliphatic rings. The molecule has 3 rings (SSSR count). The number of rotatable bonds is 6. The van der Waals surface area contributed by atoms with Gasteiger partial charge in [-0.15, -0.1) is 0 Å². The molecule has 0 radical (unpaired) electrons. The van der Waals surface area contributed by atoms with E-state index in [4.69, 9.17) is 9.47 Å². The van der Waals surface area contributed by atoms with Crippen LogP contribution in [0.1, 0.15) is 33.6 Å². The summed E-state index contributed by atoms with van der Waals surface area (Å²) in [6.45, 7) is 0.168. The van der Waals surface area contributed by atoms with Crippen LogP contribution in [0.5, 0.6) is 11.5 Å². The molecule has 2 amide bonds. The van der Waals surface area contributed by atoms with Gasteiger partial charge in [0.15, 0.2) is 0 Å². The molecule has 0 bridgehead atoms. The first-order valence-corrected chi connectivity index (χ1v) is 8.79. The van der Waals surface area contributed by atoms with Gasteiger partial charge >= 0.3 is 5.97 Å². The van der Waals surface area contributed by atoms with Crippen molar-refractivity contribution in [1.82, 2.24) is 4.90 Å². The number of imide groups is 1. The fourth-order valence-electron chi connectivity index (χ4n) is 2.67. The molecule has 0 spiro atoms. The normalized spacial score (nSPS) is 12.9. The van der Waals surface area contributed by atoms with Crippen LogP contribution in [0, 0.1) is 0 Å². The van der Waals surface area contributed by atoms with Crippen molar-refractivity contribution < 1.29 is 23.9 Å². The lowest BCUT2D eigenvalue weighted by molar-refractivity contribution is -0.134. The summed E-state index contributed by atoms with van der Waals surface area (Å²) in [5, 5.41) is 0. The van der Waals surface area contributed by atoms with Crippen LogP contribution in [-0.2, 0) is 4.79 Å². The van der Waals surface area contributed by atoms with Crippen molar-refractivity contribution in [1.29, 1.82) is 0 Å². The molecule has 0 N–H and O–H groups in total. The minimum absolute atomic E-state index is 0.100. The molecule has 2 aromatic rings. The van der Waals surface area contributed by atoms with E-state index in [0.717, 1.165) is 9.37 Å². The van der Waals surface area contributed by atoms with Crippen molar-refractivity contribution in [3.05, 3.63) is 58.1 Å². The van der Waals surface area contributed by atoms with E-state index in [1.807, 2.05) is 0 Å². The molecular formula is C19H16BrNO5. The lowest BCUT2D eigenvalue weighted by Crippen LogP contribution is -2.31. The first kappa shape index (κ1) is 18.1. The van der Waals surface area contributed by atoms with Crippen molar-refractivity contribution in [2.24, 2.45) is 0 Å². The van der Waals surface area contributed by atoms with Crippen molar-refractivity contribution >= 4 is 33.7 Å². The van der Waals surface area contributed by atoms with E-state index in [1.165, 1.54) is 0 Å². The second-order valence-corrected chi connectivity index (χ2v) is 6.62. The number of methoxy groups -OCH3 is 1. The Morgan fingerprint density at radius 3 is 2.35 bits per heavy atom. The highest BCUT2D eigenvalue weighted by Crippen LogP contribution is 2.26. The Labute approximate surface area is 158 Å². The van der Waals surface area contributed by atoms with E-state index < -0.39 is 5.97 Å². The minimum atomic E-state index is -0.422. The van der Waals surface area contributed by atoms with Gasteiger partial charge in [-0.25, -0.2) is 0 Å². The van der Waals surface area contributed by atoms with Crippen LogP contribution in [0.15, 0.2) is 46.9 Å². The first-order chi connectivity index (χ1) is 12.5. The summed E-state index contributed by atoms with van der Waals surface area (Å²) in [5.74, 6) is -0.00574. The average Bonchev–Trinajstić information content (AvgIpc) is 2.86. The van der Waals surface area contributed by atoms with Crippen LogP contribution in [-0.4, -0.2) is 36.3 Å². The maximum Gasteiger partial charge on any atom is 0.311 e. The fourth-order valence-corrected chi connectivity index (χ4v) is 3.03. The van der Waals surface area contributed by atoms with Gasteiger partial charge < -0.3 is 9.47 Å². The first-order valence-electron chi connectivity index (χ1n) is 8.00. The molecule has 0 atom stereocenters. The zero-order valence-electron chi connectivity index (χ0n) is 14.0. The van der Waals surface area contributed by atoms with Crippen LogP contribution >= 0.6 is 15.9 Å². The smallest absolute Gasteiger partial charge is 0.311 e. The number of amides is 2. The molecule has 6 nitrogen and oxygen atoms in total. The summed E-state index contributed by atoms with van der Waals surface area (Å²) >= 11 is 3.29. The van der Waals surface area contributed by atoms with Crippen molar-refractivity contribution in [3.63, 3.8) is 0 Å². The summed E-state index contributed by atoms with van der Waals surface area (Å²) < 4.78 is 11.0. The van der Waals surface area contributed by atoms with E-state index in [2.05, 4.69) is 15.9 Å². The topological polar surface area (TPSA) is 72.9 Å². The number of carbonyl (C=O) groups is 3. The van der Waals surface area contributed by atoms with E-state index >= 15 is 0 Å². The Balaban J connectivity index is 1.52. The maximum atomic E-state index is 12.3. The van der Waals surface area contributed by atoms with Gasteiger partial charge in [0.25, 0.3) is 11.8 Å². The lowest BCUT2D eigenvalue weighted by atomic mass is 10.1. The Morgan fingerprint density at radius 2 is 1.65 bits per heavy atom. The van der Waals surface area contributed by atoms with E-state index in [-0.39, 0.29) is 24.8 Å². The summed E-state index contributed by atoms with van der Waals surface area (Å²) in [6.07, 6.45) is 0.435. The van der Waals surface area contributed by atoms with Crippen LogP contribution in [0.3, 0.4) is 0 Å². The Hall–Kier alpha value is -2.67. The number of ether oxygens (including phenoxy) is 2. The molecule has 0 saturated heterocycles. The predicted octanol–water partition coefficient (Wildman–Crippen LogP) is 3.44. The third-order valence-corrected chi connectivity index (χ3v) is 4.48. The number of hydrogen-bond donors (Lipinski definition) is 0. The SMILES string of the molecule is COc1ccc(OC(=O)CCCN2C(=O)c3ccc(Br)cc3C2=O)cc1. The van der Waals surface area contributed by atoms with E-state index in [0.29, 0.717) is 29.0 Å². The molecule has 1 aliphatic heterocycles. The van der Waals surface area contributed by atoms with Crippen molar-refractivity contribution in [2.45, 2.75) is 12.8 Å². The number of halogens is 1. The quantitative estimate of drug-likeness (QED) is 0.408. The number of hydrogen-bond acceptors (Lipinski definition) is 5. The number of nitrogens with zero attached hydrogens (tertiary/aromatic N) is 1. The monoisotopic (exact) mass is 417 g/mol. The Kier molecular flexibility index (Phi) is 5.37. The number of esters is 1. The van der Waals surface area contributed by atoms with Crippen LogP contribution in [0.2, 0.25) is 0 Å². The molecule has 0 unspecified atom stereocenters. The Morgan fingerprint density at radius 1 is 1.00 bits per heavy atom. The maximum absolute atomic E-state index is 12.3. The van der Waals surface area contributed by atoms with E-state index in [1.54, 1.807) is 49.6 Å². The van der Waals surface area contributed by atoms with Gasteiger partial charge in [-0.05, 0) is 48.9 Å². The van der Waals surface area contributed by atoms with Crippen LogP contribution in [0.25, 0.3) is 0 Å². The third kappa shape index (κ3) is 3.77. The van der Waals surface area contributed by atoms with Crippen molar-refractivity contribution in [3.8, 4) is 11.5 Å².